The van der Waals surface area contributed by atoms with Crippen LogP contribution in [0.1, 0.15) is 115 Å². The number of benzene rings is 2. The van der Waals surface area contributed by atoms with Crippen LogP contribution in [0.3, 0.4) is 0 Å². The van der Waals surface area contributed by atoms with E-state index < -0.39 is 34.5 Å². The number of nitrogens with zero attached hydrogens (tertiary/aromatic N) is 13. The fraction of sp³-hybridized carbons (Fsp3) is 0.452. The molecule has 2 N–H and O–H groups in total. The lowest BCUT2D eigenvalue weighted by Gasteiger charge is -2.40. The monoisotopic (exact) mass is 1170 g/mol. The lowest BCUT2D eigenvalue weighted by molar-refractivity contribution is -0.145. The average Bonchev–Trinajstić information content (AvgIpc) is 4.42. The van der Waals surface area contributed by atoms with Gasteiger partial charge in [0.25, 0.3) is 0 Å². The zero-order valence-corrected chi connectivity index (χ0v) is 49.6. The van der Waals surface area contributed by atoms with Crippen LogP contribution in [0.4, 0.5) is 41.1 Å². The second-order valence-electron chi connectivity index (χ2n) is 23.4. The van der Waals surface area contributed by atoms with Gasteiger partial charge in [-0.25, -0.2) is 57.4 Å². The predicted octanol–water partition coefficient (Wildman–Crippen LogP) is 11.2. The molecule has 3 fully saturated rings. The Labute approximate surface area is 491 Å². The van der Waals surface area contributed by atoms with Gasteiger partial charge in [-0.15, -0.1) is 0 Å². The molecule has 23 heteroatoms. The molecule has 2 atom stereocenters. The van der Waals surface area contributed by atoms with E-state index >= 15 is 4.39 Å². The number of carbonyl (C=O) groups is 2. The molecule has 0 spiro atoms. The molecule has 0 aliphatic carbocycles. The second kappa shape index (κ2) is 25.4. The van der Waals surface area contributed by atoms with Crippen LogP contribution < -0.4 is 10.6 Å². The van der Waals surface area contributed by atoms with E-state index in [-0.39, 0.29) is 58.1 Å². The van der Waals surface area contributed by atoms with Gasteiger partial charge in [0, 0.05) is 101 Å². The molecule has 2 aromatic carbocycles. The molecule has 0 unspecified atom stereocenters. The van der Waals surface area contributed by atoms with Gasteiger partial charge in [-0.2, -0.15) is 0 Å². The number of hydrogen-bond donors (Lipinski definition) is 2. The van der Waals surface area contributed by atoms with E-state index in [0.29, 0.717) is 104 Å². The number of aryl methyl sites for hydroxylation is 2. The largest absolute Gasteiger partial charge is 0.372 e. The third-order valence-electron chi connectivity index (χ3n) is 15.6. The predicted molar refractivity (Wildman–Crippen MR) is 316 cm³/mol. The lowest BCUT2D eigenvalue weighted by Crippen LogP contribution is -2.51. The minimum absolute atomic E-state index is 0.0207. The van der Waals surface area contributed by atoms with Crippen molar-refractivity contribution in [1.82, 2.24) is 63.7 Å². The lowest BCUT2D eigenvalue weighted by atomic mass is 9.95. The number of aromatic nitrogens is 10. The number of imidazole rings is 2. The Kier molecular flexibility index (Phi) is 18.0. The highest BCUT2D eigenvalue weighted by molar-refractivity contribution is 5.84. The molecule has 85 heavy (non-hydrogen) atoms. The third-order valence-corrected chi connectivity index (χ3v) is 15.6. The molecule has 3 saturated heterocycles. The number of fused-ring (bicyclic) bond motifs is 2. The summed E-state index contributed by atoms with van der Waals surface area (Å²) in [5.41, 5.74) is 3.19. The number of pyridine rings is 2. The molecule has 19 nitrogen and oxygen atoms in total. The molecule has 448 valence electrons. The van der Waals surface area contributed by atoms with Crippen molar-refractivity contribution in [2.24, 2.45) is 0 Å². The average molecular weight is 1170 g/mol. The van der Waals surface area contributed by atoms with Gasteiger partial charge < -0.3 is 34.1 Å². The van der Waals surface area contributed by atoms with Crippen LogP contribution in [0.15, 0.2) is 73.3 Å². The Bertz CT molecular complexity index is 3720. The molecule has 8 aromatic rings. The second-order valence-corrected chi connectivity index (χ2v) is 23.4. The van der Waals surface area contributed by atoms with Gasteiger partial charge in [0.1, 0.15) is 51.5 Å². The Morgan fingerprint density at radius 1 is 0.588 bits per heavy atom. The maximum Gasteiger partial charge on any atom is 0.229 e. The van der Waals surface area contributed by atoms with E-state index in [2.05, 4.69) is 60.3 Å². The first-order valence-corrected chi connectivity index (χ1v) is 29.0. The van der Waals surface area contributed by atoms with E-state index in [1.165, 1.54) is 12.1 Å². The molecule has 11 rings (SSSR count). The highest BCUT2D eigenvalue weighted by Crippen LogP contribution is 2.34. The summed E-state index contributed by atoms with van der Waals surface area (Å²) in [7, 11) is 0. The maximum atomic E-state index is 15.0. The number of morpholine rings is 2. The van der Waals surface area contributed by atoms with Gasteiger partial charge in [-0.3, -0.25) is 19.4 Å². The zero-order chi connectivity index (χ0) is 60.3. The number of rotatable bonds is 17. The minimum Gasteiger partial charge on any atom is -0.372 e. The molecular weight excluding hydrogens is 1090 g/mol. The van der Waals surface area contributed by atoms with E-state index in [1.54, 1.807) is 30.6 Å². The molecule has 9 heterocycles. The van der Waals surface area contributed by atoms with Crippen molar-refractivity contribution in [2.75, 3.05) is 63.1 Å². The van der Waals surface area contributed by atoms with E-state index in [1.807, 2.05) is 94.5 Å². The Balaban J connectivity index is 0.000000190. The zero-order valence-electron chi connectivity index (χ0n) is 49.6. The fourth-order valence-corrected chi connectivity index (χ4v) is 11.8. The first-order chi connectivity index (χ1) is 40.6. The molecule has 0 saturated carbocycles. The number of anilines is 4. The normalized spacial score (nSPS) is 18.6. The number of ether oxygens (including phenoxy) is 2. The summed E-state index contributed by atoms with van der Waals surface area (Å²) in [6.45, 7) is 24.5. The number of likely N-dealkylation sites (tertiary alicyclic amines) is 1. The molecule has 0 radical (unpaired) electrons. The highest BCUT2D eigenvalue weighted by Gasteiger charge is 2.37. The van der Waals surface area contributed by atoms with Crippen molar-refractivity contribution >= 4 is 57.3 Å². The Morgan fingerprint density at radius 2 is 1.04 bits per heavy atom. The number of ketones is 1. The van der Waals surface area contributed by atoms with Crippen molar-refractivity contribution in [3.8, 4) is 22.5 Å². The van der Waals surface area contributed by atoms with Gasteiger partial charge in [0.15, 0.2) is 23.3 Å². The summed E-state index contributed by atoms with van der Waals surface area (Å²) in [6, 6.07) is 13.5. The molecule has 6 aromatic heterocycles. The summed E-state index contributed by atoms with van der Waals surface area (Å²) < 4.78 is 75.6. The van der Waals surface area contributed by atoms with Gasteiger partial charge >= 0.3 is 0 Å². The minimum atomic E-state index is -0.664. The SMILES string of the molecule is CCC(=O)C[C@]1(C)CN(Cc2ccc(Nc3ncc(F)c(-c4cc(F)c5nc(C)n(C(C)C)c5c4)n3)nc2)CCO1.Cc1nc2c(F)cc(-c3nc(Nc4ccc(CN5CCO[C@](C)(CC(=O)N6CCCC6)C5)cn4)ncc3F)cc2n1C(C)C. The number of nitrogens with one attached hydrogen (secondary N) is 2. The summed E-state index contributed by atoms with van der Waals surface area (Å²) >= 11 is 0. The Morgan fingerprint density at radius 3 is 1.45 bits per heavy atom. The van der Waals surface area contributed by atoms with Gasteiger partial charge in [-0.1, -0.05) is 19.1 Å². The fourth-order valence-electron chi connectivity index (χ4n) is 11.8. The molecule has 3 aliphatic rings. The molecule has 3 aliphatic heterocycles. The first-order valence-electron chi connectivity index (χ1n) is 29.0. The molecular formula is C62H73F4N15O4. The topological polar surface area (TPSA) is 199 Å². The quantitative estimate of drug-likeness (QED) is 0.0815. The van der Waals surface area contributed by atoms with Crippen LogP contribution in [-0.4, -0.2) is 139 Å². The van der Waals surface area contributed by atoms with Crippen molar-refractivity contribution in [3.63, 3.8) is 0 Å². The maximum absolute atomic E-state index is 15.0. The van der Waals surface area contributed by atoms with Crippen LogP contribution in [-0.2, 0) is 32.2 Å². The highest BCUT2D eigenvalue weighted by atomic mass is 19.1. The van der Waals surface area contributed by atoms with Crippen LogP contribution in [0, 0.1) is 37.1 Å². The number of amides is 1. The van der Waals surface area contributed by atoms with E-state index in [9.17, 15) is 22.8 Å². The third kappa shape index (κ3) is 14.0. The van der Waals surface area contributed by atoms with Crippen molar-refractivity contribution in [3.05, 3.63) is 119 Å². The molecule has 1 amide bonds. The van der Waals surface area contributed by atoms with Crippen LogP contribution in [0.2, 0.25) is 0 Å². The Hall–Kier alpha value is -7.86. The smallest absolute Gasteiger partial charge is 0.229 e. The standard InChI is InChI=1S/C32H38F2N8O2.C30H35F2N7O2/c1-20(2)42-21(3)37-30-24(33)13-23(14-26(30)42)29-25(34)17-36-31(39-29)38-27-8-7-22(16-35-27)18-40-11-12-44-32(4,19-40)15-28(43)41-9-5-6-10-41;1-6-22(40)13-30(5)17-38(9-10-41-30)16-20-7-8-26(33-14-20)36-29-34-15-24(32)27(37-29)21-11-23(31)28-25(12-21)39(18(2)3)19(4)35-28/h7-8,13-14,16-17,20H,5-6,9-12,15,18-19H2,1-4H3,(H,35,36,38,39);7-8,11-12,14-15,18H,6,9-10,13,16-17H2,1-5H3,(H,33,34,36,37)/t32-;30-/m11/s1. The van der Waals surface area contributed by atoms with Gasteiger partial charge in [0.2, 0.25) is 17.8 Å². The number of carbonyl (C=O) groups excluding carboxylic acids is 2. The number of halogens is 4. The first kappa shape index (κ1) is 60.3. The molecule has 0 bridgehead atoms. The summed E-state index contributed by atoms with van der Waals surface area (Å²) in [5.74, 6) is 0.577. The van der Waals surface area contributed by atoms with Gasteiger partial charge in [0.05, 0.1) is 54.3 Å². The van der Waals surface area contributed by atoms with Crippen LogP contribution in [0.25, 0.3) is 44.6 Å². The van der Waals surface area contributed by atoms with E-state index in [0.717, 1.165) is 62.5 Å². The van der Waals surface area contributed by atoms with E-state index in [4.69, 9.17) is 9.47 Å². The van der Waals surface area contributed by atoms with Crippen molar-refractivity contribution in [2.45, 2.75) is 131 Å². The summed E-state index contributed by atoms with van der Waals surface area (Å²) in [5, 5.41) is 6.05. The van der Waals surface area contributed by atoms with Crippen molar-refractivity contribution in [1.29, 1.82) is 0 Å². The summed E-state index contributed by atoms with van der Waals surface area (Å²) in [4.78, 5) is 65.8. The van der Waals surface area contributed by atoms with Gasteiger partial charge in [-0.05, 0) is 116 Å². The number of hydrogen-bond acceptors (Lipinski definition) is 16. The van der Waals surface area contributed by atoms with Crippen LogP contribution in [0.5, 0.6) is 0 Å². The number of Topliss-reactive ketones (excluding diaryl/α,β-unsaturated/α-hetero) is 1. The summed E-state index contributed by atoms with van der Waals surface area (Å²) in [6.07, 6.45) is 9.09. The van der Waals surface area contributed by atoms with Crippen molar-refractivity contribution < 1.29 is 36.6 Å². The van der Waals surface area contributed by atoms with Crippen LogP contribution >= 0.6 is 0 Å².